The topological polar surface area (TPSA) is 25.6 Å². The predicted octanol–water partition coefficient (Wildman–Crippen LogP) is 15.5. The van der Waals surface area contributed by atoms with E-state index < -0.39 is 5.41 Å². The number of para-hydroxylation sites is 3. The van der Waals surface area contributed by atoms with Gasteiger partial charge in [-0.2, -0.15) is 0 Å². The van der Waals surface area contributed by atoms with Crippen LogP contribution < -0.4 is 9.64 Å². The van der Waals surface area contributed by atoms with E-state index in [0.29, 0.717) is 0 Å². The van der Waals surface area contributed by atoms with E-state index in [0.717, 1.165) is 72.8 Å². The summed E-state index contributed by atoms with van der Waals surface area (Å²) in [7, 11) is 0. The molecule has 2 heterocycles. The van der Waals surface area contributed by atoms with Crippen LogP contribution in [0.3, 0.4) is 0 Å². The maximum absolute atomic E-state index is 6.85. The Labute approximate surface area is 354 Å². The smallest absolute Gasteiger partial charge is 0.137 e. The number of rotatable bonds is 4. The van der Waals surface area contributed by atoms with Crippen LogP contribution in [0, 0.1) is 0 Å². The molecular weight excluding hydrogens is 743 g/mol. The molecule has 0 bridgehead atoms. The van der Waals surface area contributed by atoms with Crippen LogP contribution >= 0.6 is 0 Å². The zero-order valence-corrected chi connectivity index (χ0v) is 33.8. The van der Waals surface area contributed by atoms with Crippen LogP contribution in [0.4, 0.5) is 17.1 Å². The second-order valence-corrected chi connectivity index (χ2v) is 17.2. The summed E-state index contributed by atoms with van der Waals surface area (Å²) in [5.41, 5.74) is 19.1. The van der Waals surface area contributed by atoms with Crippen LogP contribution in [-0.4, -0.2) is 0 Å². The Morgan fingerprint density at radius 2 is 0.967 bits per heavy atom. The Kier molecular flexibility index (Phi) is 6.99. The molecule has 0 amide bonds. The average molecular weight is 782 g/mol. The summed E-state index contributed by atoms with van der Waals surface area (Å²) < 4.78 is 13.4. The molecule has 0 N–H and O–H groups in total. The lowest BCUT2D eigenvalue weighted by Gasteiger charge is -2.39. The second-order valence-electron chi connectivity index (χ2n) is 17.2. The van der Waals surface area contributed by atoms with Gasteiger partial charge in [0.15, 0.2) is 0 Å². The fourth-order valence-corrected chi connectivity index (χ4v) is 11.1. The summed E-state index contributed by atoms with van der Waals surface area (Å²) in [5, 5.41) is 2.18. The first-order chi connectivity index (χ1) is 30.0. The third kappa shape index (κ3) is 4.58. The average Bonchev–Trinajstić information content (AvgIpc) is 3.91. The lowest BCUT2D eigenvalue weighted by molar-refractivity contribution is 0.436. The molecule has 10 aromatic rings. The Morgan fingerprint density at radius 1 is 0.393 bits per heavy atom. The van der Waals surface area contributed by atoms with Crippen molar-refractivity contribution < 1.29 is 9.15 Å². The number of benzene rings is 9. The molecule has 1 aliphatic heterocycles. The van der Waals surface area contributed by atoms with Crippen molar-refractivity contribution >= 4 is 39.0 Å². The van der Waals surface area contributed by atoms with Crippen LogP contribution in [-0.2, 0) is 10.8 Å². The zero-order chi connectivity index (χ0) is 40.5. The van der Waals surface area contributed by atoms with Crippen LogP contribution in [0.5, 0.6) is 11.5 Å². The summed E-state index contributed by atoms with van der Waals surface area (Å²) in [6.07, 6.45) is 0. The van der Waals surface area contributed by atoms with Gasteiger partial charge < -0.3 is 14.1 Å². The van der Waals surface area contributed by atoms with Gasteiger partial charge in [-0.3, -0.25) is 0 Å². The van der Waals surface area contributed by atoms with Gasteiger partial charge in [0.2, 0.25) is 0 Å². The molecule has 61 heavy (non-hydrogen) atoms. The molecule has 0 saturated heterocycles. The largest absolute Gasteiger partial charge is 0.457 e. The highest BCUT2D eigenvalue weighted by atomic mass is 16.5. The maximum atomic E-state index is 6.85. The number of ether oxygens (including phenoxy) is 1. The normalized spacial score (nSPS) is 14.5. The molecule has 0 unspecified atom stereocenters. The van der Waals surface area contributed by atoms with Gasteiger partial charge in [-0.1, -0.05) is 159 Å². The first kappa shape index (κ1) is 34.3. The Morgan fingerprint density at radius 3 is 1.75 bits per heavy atom. The lowest BCUT2D eigenvalue weighted by Crippen LogP contribution is -2.32. The predicted molar refractivity (Wildman–Crippen MR) is 249 cm³/mol. The molecule has 288 valence electrons. The number of fused-ring (bicyclic) bond motifs is 15. The van der Waals surface area contributed by atoms with Crippen molar-refractivity contribution in [3.8, 4) is 44.9 Å². The maximum Gasteiger partial charge on any atom is 0.137 e. The Bertz CT molecular complexity index is 3410. The van der Waals surface area contributed by atoms with Gasteiger partial charge in [0.05, 0.1) is 22.2 Å². The summed E-state index contributed by atoms with van der Waals surface area (Å²) >= 11 is 0. The Hall–Kier alpha value is -7.62. The van der Waals surface area contributed by atoms with E-state index in [1.54, 1.807) is 0 Å². The van der Waals surface area contributed by atoms with Crippen molar-refractivity contribution in [3.63, 3.8) is 0 Å². The molecular formula is C58H39NO2. The minimum atomic E-state index is -0.566. The SMILES string of the molecule is CC1(C)c2ccccc2-c2ccc(N(c3ccccc3-c3ccc4c(c3)C3(c5ccccc5O4)c4ccccc4-c4ccccc43)c3cccc4oc5ccccc5c34)cc21. The van der Waals surface area contributed by atoms with Gasteiger partial charge >= 0.3 is 0 Å². The van der Waals surface area contributed by atoms with E-state index in [9.17, 15) is 0 Å². The van der Waals surface area contributed by atoms with Gasteiger partial charge in [0.1, 0.15) is 22.7 Å². The molecule has 13 rings (SSSR count). The molecule has 0 fully saturated rings. The van der Waals surface area contributed by atoms with E-state index >= 15 is 0 Å². The first-order valence-electron chi connectivity index (χ1n) is 21.2. The van der Waals surface area contributed by atoms with Crippen LogP contribution in [0.25, 0.3) is 55.3 Å². The summed E-state index contributed by atoms with van der Waals surface area (Å²) in [5.74, 6) is 1.77. The van der Waals surface area contributed by atoms with E-state index in [-0.39, 0.29) is 5.41 Å². The minimum Gasteiger partial charge on any atom is -0.457 e. The van der Waals surface area contributed by atoms with Crippen molar-refractivity contribution in [1.29, 1.82) is 0 Å². The quantitative estimate of drug-likeness (QED) is 0.178. The van der Waals surface area contributed by atoms with Crippen molar-refractivity contribution in [3.05, 3.63) is 234 Å². The van der Waals surface area contributed by atoms with Crippen LogP contribution in [0.2, 0.25) is 0 Å². The highest BCUT2D eigenvalue weighted by Crippen LogP contribution is 2.62. The minimum absolute atomic E-state index is 0.168. The van der Waals surface area contributed by atoms with Crippen LogP contribution in [0.15, 0.2) is 205 Å². The summed E-state index contributed by atoms with van der Waals surface area (Å²) in [4.78, 5) is 2.46. The summed E-state index contributed by atoms with van der Waals surface area (Å²) in [6, 6.07) is 72.9. The van der Waals surface area contributed by atoms with E-state index in [1.165, 1.54) is 44.5 Å². The van der Waals surface area contributed by atoms with Gasteiger partial charge in [-0.05, 0) is 105 Å². The van der Waals surface area contributed by atoms with Gasteiger partial charge in [0, 0.05) is 33.2 Å². The zero-order valence-electron chi connectivity index (χ0n) is 33.8. The fraction of sp³-hybridized carbons (Fsp3) is 0.0690. The molecule has 0 saturated carbocycles. The standard InChI is InChI=1S/C58H39NO2/c1-57(2)44-21-8-3-17-39(44)42-32-31-37(35-48(42)57)59(51-26-15-29-55-56(51)43-20-7-13-27-52(43)60-55)50-25-12-6-16-38(50)36-30-33-54-49(34-36)58(47-24-11-14-28-53(47)61-54)45-22-9-4-18-40(45)41-19-5-10-23-46(41)58/h3-35H,1-2H3. The monoisotopic (exact) mass is 781 g/mol. The molecule has 3 nitrogen and oxygen atoms in total. The number of hydrogen-bond acceptors (Lipinski definition) is 3. The van der Waals surface area contributed by atoms with Crippen molar-refractivity contribution in [2.75, 3.05) is 4.90 Å². The van der Waals surface area contributed by atoms with Crippen molar-refractivity contribution in [2.45, 2.75) is 24.7 Å². The van der Waals surface area contributed by atoms with E-state index in [4.69, 9.17) is 9.15 Å². The highest BCUT2D eigenvalue weighted by molar-refractivity contribution is 6.14. The van der Waals surface area contributed by atoms with E-state index in [2.05, 4.69) is 213 Å². The lowest BCUT2D eigenvalue weighted by atomic mass is 9.66. The fourth-order valence-electron chi connectivity index (χ4n) is 11.1. The Balaban J connectivity index is 1.07. The molecule has 0 radical (unpaired) electrons. The first-order valence-corrected chi connectivity index (χ1v) is 21.2. The van der Waals surface area contributed by atoms with Gasteiger partial charge in [-0.15, -0.1) is 0 Å². The molecule has 3 aliphatic rings. The highest BCUT2D eigenvalue weighted by Gasteiger charge is 2.51. The molecule has 1 spiro atoms. The third-order valence-corrected chi connectivity index (χ3v) is 13.7. The molecule has 1 aromatic heterocycles. The third-order valence-electron chi connectivity index (χ3n) is 13.7. The van der Waals surface area contributed by atoms with Crippen molar-refractivity contribution in [1.82, 2.24) is 0 Å². The number of anilines is 3. The number of nitrogens with zero attached hydrogens (tertiary/aromatic N) is 1. The molecule has 0 atom stereocenters. The van der Waals surface area contributed by atoms with Gasteiger partial charge in [-0.25, -0.2) is 0 Å². The van der Waals surface area contributed by atoms with Crippen LogP contribution in [0.1, 0.15) is 47.2 Å². The number of hydrogen-bond donors (Lipinski definition) is 0. The summed E-state index contributed by atoms with van der Waals surface area (Å²) in [6.45, 7) is 4.71. The molecule has 9 aromatic carbocycles. The van der Waals surface area contributed by atoms with Crippen molar-refractivity contribution in [2.24, 2.45) is 0 Å². The molecule has 2 aliphatic carbocycles. The van der Waals surface area contributed by atoms with E-state index in [1.807, 2.05) is 6.07 Å². The van der Waals surface area contributed by atoms with Gasteiger partial charge in [0.25, 0.3) is 0 Å². The molecule has 3 heteroatoms. The number of furan rings is 1. The second kappa shape index (κ2) is 12.5.